The van der Waals surface area contributed by atoms with Crippen LogP contribution < -0.4 is 4.90 Å². The predicted molar refractivity (Wildman–Crippen MR) is 94.0 cm³/mol. The molecule has 122 valence electrons. The Morgan fingerprint density at radius 3 is 2.72 bits per heavy atom. The van der Waals surface area contributed by atoms with Crippen molar-refractivity contribution in [1.82, 2.24) is 9.97 Å². The third-order valence-corrected chi connectivity index (χ3v) is 4.38. The van der Waals surface area contributed by atoms with E-state index in [0.29, 0.717) is 30.0 Å². The molecule has 1 aliphatic rings. The lowest BCUT2D eigenvalue weighted by atomic mass is 10.0. The molecular formula is C19H15N5O. The van der Waals surface area contributed by atoms with Crippen molar-refractivity contribution in [2.45, 2.75) is 0 Å². The van der Waals surface area contributed by atoms with Crippen molar-refractivity contribution in [2.75, 3.05) is 31.2 Å². The Morgan fingerprint density at radius 2 is 1.96 bits per heavy atom. The summed E-state index contributed by atoms with van der Waals surface area (Å²) in [7, 11) is 0. The van der Waals surface area contributed by atoms with Crippen LogP contribution in [-0.4, -0.2) is 36.3 Å². The van der Waals surface area contributed by atoms with E-state index in [1.807, 2.05) is 24.4 Å². The third kappa shape index (κ3) is 2.59. The second-order valence-electron chi connectivity index (χ2n) is 5.83. The van der Waals surface area contributed by atoms with Crippen molar-refractivity contribution < 1.29 is 4.74 Å². The lowest BCUT2D eigenvalue weighted by Gasteiger charge is -2.30. The van der Waals surface area contributed by atoms with Crippen LogP contribution in [0.1, 0.15) is 11.1 Å². The zero-order chi connectivity index (χ0) is 17.2. The maximum absolute atomic E-state index is 9.89. The van der Waals surface area contributed by atoms with Crippen LogP contribution in [0, 0.1) is 22.7 Å². The standard InChI is InChI=1S/C19H15N5O/c20-11-13-2-1-3-14(10-13)17-16(12-21)18(24-6-8-25-9-7-24)15-4-5-22-19(15)23-17/h1-5,10H,6-9H2,(H,22,23). The van der Waals surface area contributed by atoms with E-state index in [2.05, 4.69) is 27.0 Å². The second-order valence-corrected chi connectivity index (χ2v) is 5.83. The number of fused-ring (bicyclic) bond motifs is 1. The minimum Gasteiger partial charge on any atom is -0.378 e. The number of nitrogens with one attached hydrogen (secondary N) is 1. The normalized spacial score (nSPS) is 14.2. The minimum atomic E-state index is 0.532. The summed E-state index contributed by atoms with van der Waals surface area (Å²) in [5, 5.41) is 20.0. The second kappa shape index (κ2) is 6.27. The summed E-state index contributed by atoms with van der Waals surface area (Å²) in [6.07, 6.45) is 1.83. The van der Waals surface area contributed by atoms with Gasteiger partial charge in [-0.1, -0.05) is 12.1 Å². The highest BCUT2D eigenvalue weighted by Crippen LogP contribution is 2.36. The molecule has 0 atom stereocenters. The smallest absolute Gasteiger partial charge is 0.140 e. The first-order valence-electron chi connectivity index (χ1n) is 8.06. The Kier molecular flexibility index (Phi) is 3.81. The molecule has 0 amide bonds. The van der Waals surface area contributed by atoms with Crippen LogP contribution in [0.25, 0.3) is 22.3 Å². The summed E-state index contributed by atoms with van der Waals surface area (Å²) in [4.78, 5) is 9.99. The molecule has 1 aliphatic heterocycles. The SMILES string of the molecule is N#Cc1cccc(-c2nc3[nH]ccc3c(N3CCOCC3)c2C#N)c1. The number of nitrogens with zero attached hydrogens (tertiary/aromatic N) is 4. The van der Waals surface area contributed by atoms with Gasteiger partial charge in [0.15, 0.2) is 0 Å². The van der Waals surface area contributed by atoms with E-state index < -0.39 is 0 Å². The summed E-state index contributed by atoms with van der Waals surface area (Å²) >= 11 is 0. The molecule has 1 aromatic carbocycles. The van der Waals surface area contributed by atoms with Crippen molar-refractivity contribution in [1.29, 1.82) is 10.5 Å². The Labute approximate surface area is 144 Å². The molecule has 4 rings (SSSR count). The molecule has 0 unspecified atom stereocenters. The van der Waals surface area contributed by atoms with Crippen molar-refractivity contribution >= 4 is 16.7 Å². The molecule has 3 aromatic rings. The summed E-state index contributed by atoms with van der Waals surface area (Å²) in [6.45, 7) is 2.74. The Morgan fingerprint density at radius 1 is 1.12 bits per heavy atom. The van der Waals surface area contributed by atoms with Crippen LogP contribution in [0.5, 0.6) is 0 Å². The number of morpholine rings is 1. The average molecular weight is 329 g/mol. The van der Waals surface area contributed by atoms with Gasteiger partial charge in [-0.3, -0.25) is 0 Å². The molecule has 1 fully saturated rings. The van der Waals surface area contributed by atoms with Gasteiger partial charge in [0.05, 0.1) is 36.2 Å². The number of H-pyrrole nitrogens is 1. The number of hydrogen-bond acceptors (Lipinski definition) is 5. The molecule has 1 N–H and O–H groups in total. The Hall–Kier alpha value is -3.35. The zero-order valence-electron chi connectivity index (χ0n) is 13.5. The van der Waals surface area contributed by atoms with Crippen LogP contribution in [0.3, 0.4) is 0 Å². The van der Waals surface area contributed by atoms with Gasteiger partial charge in [-0.15, -0.1) is 0 Å². The van der Waals surface area contributed by atoms with Gasteiger partial charge in [0.25, 0.3) is 0 Å². The maximum Gasteiger partial charge on any atom is 0.140 e. The highest BCUT2D eigenvalue weighted by molar-refractivity contribution is 5.97. The van der Waals surface area contributed by atoms with Gasteiger partial charge >= 0.3 is 0 Å². The lowest BCUT2D eigenvalue weighted by Crippen LogP contribution is -2.37. The fourth-order valence-corrected chi connectivity index (χ4v) is 3.22. The third-order valence-electron chi connectivity index (χ3n) is 4.38. The van der Waals surface area contributed by atoms with E-state index in [1.165, 1.54) is 0 Å². The number of pyridine rings is 1. The van der Waals surface area contributed by atoms with E-state index >= 15 is 0 Å². The topological polar surface area (TPSA) is 88.7 Å². The first-order valence-corrected chi connectivity index (χ1v) is 8.06. The van der Waals surface area contributed by atoms with Gasteiger partial charge < -0.3 is 14.6 Å². The van der Waals surface area contributed by atoms with Crippen LogP contribution in [0.15, 0.2) is 36.5 Å². The Balaban J connectivity index is 1.99. The van der Waals surface area contributed by atoms with Gasteiger partial charge in [0, 0.05) is 30.2 Å². The zero-order valence-corrected chi connectivity index (χ0v) is 13.5. The van der Waals surface area contributed by atoms with Crippen molar-refractivity contribution in [3.63, 3.8) is 0 Å². The summed E-state index contributed by atoms with van der Waals surface area (Å²) in [6, 6.07) is 13.6. The molecule has 0 radical (unpaired) electrons. The van der Waals surface area contributed by atoms with Crippen molar-refractivity contribution in [3.05, 3.63) is 47.7 Å². The predicted octanol–water partition coefficient (Wildman–Crippen LogP) is 2.81. The molecule has 1 saturated heterocycles. The highest BCUT2D eigenvalue weighted by Gasteiger charge is 2.23. The number of aromatic nitrogens is 2. The fraction of sp³-hybridized carbons (Fsp3) is 0.211. The van der Waals surface area contributed by atoms with Gasteiger partial charge in [0.1, 0.15) is 17.3 Å². The number of rotatable bonds is 2. The number of nitriles is 2. The van der Waals surface area contributed by atoms with Crippen LogP contribution in [0.2, 0.25) is 0 Å². The fourth-order valence-electron chi connectivity index (χ4n) is 3.22. The van der Waals surface area contributed by atoms with E-state index in [0.717, 1.165) is 35.4 Å². The number of anilines is 1. The summed E-state index contributed by atoms with van der Waals surface area (Å²) < 4.78 is 5.45. The first-order chi connectivity index (χ1) is 12.3. The van der Waals surface area contributed by atoms with E-state index in [-0.39, 0.29) is 0 Å². The van der Waals surface area contributed by atoms with Crippen LogP contribution >= 0.6 is 0 Å². The molecule has 0 saturated carbocycles. The van der Waals surface area contributed by atoms with Gasteiger partial charge in [-0.2, -0.15) is 10.5 Å². The summed E-state index contributed by atoms with van der Waals surface area (Å²) in [5.41, 5.74) is 4.05. The lowest BCUT2D eigenvalue weighted by molar-refractivity contribution is 0.123. The highest BCUT2D eigenvalue weighted by atomic mass is 16.5. The van der Waals surface area contributed by atoms with E-state index in [1.54, 1.807) is 12.1 Å². The Bertz CT molecular complexity index is 1020. The molecule has 0 aliphatic carbocycles. The van der Waals surface area contributed by atoms with Crippen molar-refractivity contribution in [2.24, 2.45) is 0 Å². The molecule has 6 nitrogen and oxygen atoms in total. The first kappa shape index (κ1) is 15.2. The maximum atomic E-state index is 9.89. The van der Waals surface area contributed by atoms with Gasteiger partial charge in [0.2, 0.25) is 0 Å². The molecule has 3 heterocycles. The molecule has 2 aromatic heterocycles. The molecule has 25 heavy (non-hydrogen) atoms. The number of hydrogen-bond donors (Lipinski definition) is 1. The van der Waals surface area contributed by atoms with Crippen LogP contribution in [-0.2, 0) is 4.74 Å². The average Bonchev–Trinajstić information content (AvgIpc) is 3.15. The minimum absolute atomic E-state index is 0.532. The van der Waals surface area contributed by atoms with E-state index in [4.69, 9.17) is 10.00 Å². The molecular weight excluding hydrogens is 314 g/mol. The monoisotopic (exact) mass is 329 g/mol. The number of benzene rings is 1. The quantitative estimate of drug-likeness (QED) is 0.781. The van der Waals surface area contributed by atoms with E-state index in [9.17, 15) is 5.26 Å². The molecule has 6 heteroatoms. The summed E-state index contributed by atoms with van der Waals surface area (Å²) in [5.74, 6) is 0. The van der Waals surface area contributed by atoms with Gasteiger partial charge in [-0.05, 0) is 18.2 Å². The largest absolute Gasteiger partial charge is 0.378 e. The van der Waals surface area contributed by atoms with Gasteiger partial charge in [-0.25, -0.2) is 4.98 Å². The van der Waals surface area contributed by atoms with Crippen LogP contribution in [0.4, 0.5) is 5.69 Å². The number of aromatic amines is 1. The molecule has 0 spiro atoms. The van der Waals surface area contributed by atoms with Crippen molar-refractivity contribution in [3.8, 4) is 23.4 Å². The molecule has 0 bridgehead atoms. The number of ether oxygens (including phenoxy) is 1.